The van der Waals surface area contributed by atoms with Crippen LogP contribution in [-0.2, 0) is 0 Å². The number of benzene rings is 1. The highest BCUT2D eigenvalue weighted by Crippen LogP contribution is 2.23. The van der Waals surface area contributed by atoms with Gasteiger partial charge in [-0.25, -0.2) is 9.37 Å². The van der Waals surface area contributed by atoms with Crippen LogP contribution in [0.2, 0.25) is 0 Å². The summed E-state index contributed by atoms with van der Waals surface area (Å²) in [6.07, 6.45) is 1.64. The molecule has 0 unspecified atom stereocenters. The largest absolute Gasteiger partial charge is 0.339 e. The molecule has 2 aromatic rings. The SMILES string of the molecule is Cc1cc(F)ccc1Nc1nccc(C)c1C#N. The normalized spacial score (nSPS) is 9.89. The topological polar surface area (TPSA) is 48.7 Å². The van der Waals surface area contributed by atoms with Gasteiger partial charge in [0.2, 0.25) is 0 Å². The lowest BCUT2D eigenvalue weighted by atomic mass is 10.1. The number of nitrogens with zero attached hydrogens (tertiary/aromatic N) is 2. The van der Waals surface area contributed by atoms with Crippen molar-refractivity contribution in [1.29, 1.82) is 5.26 Å². The van der Waals surface area contributed by atoms with E-state index in [0.717, 1.165) is 16.8 Å². The van der Waals surface area contributed by atoms with Crippen LogP contribution < -0.4 is 5.32 Å². The molecule has 0 bridgehead atoms. The van der Waals surface area contributed by atoms with E-state index in [9.17, 15) is 4.39 Å². The Morgan fingerprint density at radius 1 is 1.22 bits per heavy atom. The second-order valence-electron chi connectivity index (χ2n) is 4.05. The van der Waals surface area contributed by atoms with Gasteiger partial charge in [-0.1, -0.05) is 0 Å². The van der Waals surface area contributed by atoms with E-state index in [4.69, 9.17) is 5.26 Å². The predicted octanol–water partition coefficient (Wildman–Crippen LogP) is 3.45. The van der Waals surface area contributed by atoms with Crippen LogP contribution >= 0.6 is 0 Å². The Morgan fingerprint density at radius 2 is 2.00 bits per heavy atom. The van der Waals surface area contributed by atoms with Crippen molar-refractivity contribution < 1.29 is 4.39 Å². The van der Waals surface area contributed by atoms with Gasteiger partial charge in [-0.2, -0.15) is 5.26 Å². The lowest BCUT2D eigenvalue weighted by Crippen LogP contribution is -2.00. The molecule has 1 heterocycles. The summed E-state index contributed by atoms with van der Waals surface area (Å²) in [5.74, 6) is 0.211. The second-order valence-corrected chi connectivity index (χ2v) is 4.05. The average Bonchev–Trinajstić information content (AvgIpc) is 2.33. The van der Waals surface area contributed by atoms with Gasteiger partial charge in [0.1, 0.15) is 17.7 Å². The quantitative estimate of drug-likeness (QED) is 0.876. The summed E-state index contributed by atoms with van der Waals surface area (Å²) in [5.41, 5.74) is 2.86. The summed E-state index contributed by atoms with van der Waals surface area (Å²) in [4.78, 5) is 4.14. The van der Waals surface area contributed by atoms with Crippen LogP contribution in [0.5, 0.6) is 0 Å². The maximum absolute atomic E-state index is 13.0. The molecule has 0 saturated heterocycles. The number of hydrogen-bond donors (Lipinski definition) is 1. The van der Waals surface area contributed by atoms with Crippen molar-refractivity contribution in [3.8, 4) is 6.07 Å². The molecule has 1 N–H and O–H groups in total. The number of nitriles is 1. The molecule has 18 heavy (non-hydrogen) atoms. The van der Waals surface area contributed by atoms with Crippen LogP contribution in [0.1, 0.15) is 16.7 Å². The zero-order valence-corrected chi connectivity index (χ0v) is 10.2. The van der Waals surface area contributed by atoms with Crippen molar-refractivity contribution in [3.05, 3.63) is 53.0 Å². The zero-order valence-electron chi connectivity index (χ0n) is 10.2. The molecule has 0 radical (unpaired) electrons. The molecule has 0 aliphatic carbocycles. The molecule has 2 rings (SSSR count). The highest BCUT2D eigenvalue weighted by molar-refractivity contribution is 5.66. The third kappa shape index (κ3) is 2.30. The van der Waals surface area contributed by atoms with Crippen LogP contribution in [0.4, 0.5) is 15.9 Å². The van der Waals surface area contributed by atoms with Gasteiger partial charge in [-0.05, 0) is 49.2 Å². The van der Waals surface area contributed by atoms with Crippen molar-refractivity contribution in [2.45, 2.75) is 13.8 Å². The highest BCUT2D eigenvalue weighted by atomic mass is 19.1. The van der Waals surface area contributed by atoms with Crippen molar-refractivity contribution >= 4 is 11.5 Å². The third-order valence-corrected chi connectivity index (χ3v) is 2.71. The molecule has 0 aliphatic heterocycles. The first-order valence-electron chi connectivity index (χ1n) is 5.50. The number of aryl methyl sites for hydroxylation is 2. The first kappa shape index (κ1) is 12.1. The molecule has 0 amide bonds. The minimum Gasteiger partial charge on any atom is -0.339 e. The van der Waals surface area contributed by atoms with Gasteiger partial charge in [0, 0.05) is 11.9 Å². The summed E-state index contributed by atoms with van der Waals surface area (Å²) >= 11 is 0. The number of rotatable bonds is 2. The number of nitrogens with one attached hydrogen (secondary N) is 1. The van der Waals surface area contributed by atoms with E-state index in [0.29, 0.717) is 11.4 Å². The molecule has 1 aromatic carbocycles. The number of aromatic nitrogens is 1. The zero-order chi connectivity index (χ0) is 13.1. The molecule has 4 heteroatoms. The molecule has 0 spiro atoms. The number of anilines is 2. The van der Waals surface area contributed by atoms with Crippen LogP contribution in [0, 0.1) is 31.0 Å². The number of halogens is 1. The minimum absolute atomic E-state index is 0.282. The second kappa shape index (κ2) is 4.84. The fourth-order valence-electron chi connectivity index (χ4n) is 1.69. The Labute approximate surface area is 105 Å². The lowest BCUT2D eigenvalue weighted by molar-refractivity contribution is 0.627. The van der Waals surface area contributed by atoms with Gasteiger partial charge in [0.25, 0.3) is 0 Å². The Morgan fingerprint density at radius 3 is 2.67 bits per heavy atom. The fraction of sp³-hybridized carbons (Fsp3) is 0.143. The van der Waals surface area contributed by atoms with Crippen molar-refractivity contribution in [2.24, 2.45) is 0 Å². The molecular weight excluding hydrogens is 229 g/mol. The number of pyridine rings is 1. The molecular formula is C14H12FN3. The van der Waals surface area contributed by atoms with Crippen LogP contribution in [0.3, 0.4) is 0 Å². The minimum atomic E-state index is -0.282. The maximum Gasteiger partial charge on any atom is 0.148 e. The standard InChI is InChI=1S/C14H12FN3/c1-9-5-6-17-14(12(9)8-16)18-13-4-3-11(15)7-10(13)2/h3-7H,1-2H3,(H,17,18). The molecule has 0 saturated carbocycles. The first-order chi connectivity index (χ1) is 8.61. The van der Waals surface area contributed by atoms with E-state index < -0.39 is 0 Å². The van der Waals surface area contributed by atoms with Crippen molar-refractivity contribution in [2.75, 3.05) is 5.32 Å². The van der Waals surface area contributed by atoms with E-state index in [1.807, 2.05) is 6.92 Å². The molecule has 3 nitrogen and oxygen atoms in total. The molecule has 0 aliphatic rings. The third-order valence-electron chi connectivity index (χ3n) is 2.71. The molecule has 1 aromatic heterocycles. The van der Waals surface area contributed by atoms with Crippen LogP contribution in [0.15, 0.2) is 30.5 Å². The summed E-state index contributed by atoms with van der Waals surface area (Å²) in [6.45, 7) is 3.65. The van der Waals surface area contributed by atoms with Gasteiger partial charge in [0.05, 0.1) is 5.56 Å². The lowest BCUT2D eigenvalue weighted by Gasteiger charge is -2.11. The van der Waals surface area contributed by atoms with E-state index >= 15 is 0 Å². The molecule has 90 valence electrons. The number of hydrogen-bond acceptors (Lipinski definition) is 3. The first-order valence-corrected chi connectivity index (χ1v) is 5.50. The van der Waals surface area contributed by atoms with Crippen molar-refractivity contribution in [1.82, 2.24) is 4.98 Å². The average molecular weight is 241 g/mol. The smallest absolute Gasteiger partial charge is 0.148 e. The summed E-state index contributed by atoms with van der Waals surface area (Å²) < 4.78 is 13.0. The Kier molecular flexibility index (Phi) is 3.24. The van der Waals surface area contributed by atoms with Gasteiger partial charge in [0.15, 0.2) is 0 Å². The van der Waals surface area contributed by atoms with E-state index in [2.05, 4.69) is 16.4 Å². The van der Waals surface area contributed by atoms with Crippen LogP contribution in [-0.4, -0.2) is 4.98 Å². The van der Waals surface area contributed by atoms with Gasteiger partial charge in [-0.15, -0.1) is 0 Å². The Hall–Kier alpha value is -2.41. The van der Waals surface area contributed by atoms with Crippen LogP contribution in [0.25, 0.3) is 0 Å². The summed E-state index contributed by atoms with van der Waals surface area (Å²) in [6, 6.07) is 8.34. The predicted molar refractivity (Wildman–Crippen MR) is 68.1 cm³/mol. The van der Waals surface area contributed by atoms with E-state index in [1.165, 1.54) is 12.1 Å². The fourth-order valence-corrected chi connectivity index (χ4v) is 1.69. The maximum atomic E-state index is 13.0. The van der Waals surface area contributed by atoms with Crippen molar-refractivity contribution in [3.63, 3.8) is 0 Å². The van der Waals surface area contributed by atoms with E-state index in [-0.39, 0.29) is 5.82 Å². The Bertz CT molecular complexity index is 629. The monoisotopic (exact) mass is 241 g/mol. The highest BCUT2D eigenvalue weighted by Gasteiger charge is 2.08. The summed E-state index contributed by atoms with van der Waals surface area (Å²) in [7, 11) is 0. The molecule has 0 fully saturated rings. The summed E-state index contributed by atoms with van der Waals surface area (Å²) in [5, 5.41) is 12.2. The van der Waals surface area contributed by atoms with Gasteiger partial charge >= 0.3 is 0 Å². The van der Waals surface area contributed by atoms with Gasteiger partial charge in [-0.3, -0.25) is 0 Å². The van der Waals surface area contributed by atoms with Gasteiger partial charge < -0.3 is 5.32 Å². The van der Waals surface area contributed by atoms with E-state index in [1.54, 1.807) is 25.3 Å². The molecule has 0 atom stereocenters. The Balaban J connectivity index is 2.41.